The summed E-state index contributed by atoms with van der Waals surface area (Å²) in [6.45, 7) is 8.49. The lowest BCUT2D eigenvalue weighted by atomic mass is 9.91. The second-order valence-electron chi connectivity index (χ2n) is 7.40. The van der Waals surface area contributed by atoms with Gasteiger partial charge in [0, 0.05) is 24.8 Å². The Balaban J connectivity index is 1.67. The van der Waals surface area contributed by atoms with Crippen LogP contribution in [0.2, 0.25) is 0 Å². The van der Waals surface area contributed by atoms with E-state index in [0.29, 0.717) is 6.04 Å². The Bertz CT molecular complexity index is 500. The number of hydrogen-bond donors (Lipinski definition) is 2. The molecule has 1 aliphatic carbocycles. The van der Waals surface area contributed by atoms with Gasteiger partial charge >= 0.3 is 6.09 Å². The molecular formula is C18H29N3O2. The topological polar surface area (TPSA) is 63.2 Å². The summed E-state index contributed by atoms with van der Waals surface area (Å²) >= 11 is 0. The summed E-state index contributed by atoms with van der Waals surface area (Å²) in [6, 6.07) is 4.87. The minimum absolute atomic E-state index is 0.223. The second kappa shape index (κ2) is 7.77. The van der Waals surface area contributed by atoms with Crippen LogP contribution in [0.25, 0.3) is 0 Å². The van der Waals surface area contributed by atoms with Crippen LogP contribution in [0.15, 0.2) is 18.3 Å². The molecule has 0 spiro atoms. The maximum absolute atomic E-state index is 11.8. The number of aryl methyl sites for hydroxylation is 1. The summed E-state index contributed by atoms with van der Waals surface area (Å²) in [5.74, 6) is 0. The molecule has 1 saturated carbocycles. The maximum Gasteiger partial charge on any atom is 0.407 e. The SMILES string of the molecule is Cc1ccc(CNC2CCC(NC(=O)OC(C)(C)C)CC2)nc1. The monoisotopic (exact) mass is 319 g/mol. The molecule has 2 N–H and O–H groups in total. The van der Waals surface area contributed by atoms with E-state index in [1.54, 1.807) is 0 Å². The molecule has 1 aliphatic rings. The molecule has 1 heterocycles. The van der Waals surface area contributed by atoms with Crippen LogP contribution in [-0.4, -0.2) is 28.8 Å². The molecule has 0 aromatic carbocycles. The zero-order chi connectivity index (χ0) is 16.9. The van der Waals surface area contributed by atoms with E-state index < -0.39 is 5.60 Å². The number of ether oxygens (including phenoxy) is 1. The van der Waals surface area contributed by atoms with Crippen LogP contribution in [-0.2, 0) is 11.3 Å². The van der Waals surface area contributed by atoms with Crippen LogP contribution in [0.5, 0.6) is 0 Å². The highest BCUT2D eigenvalue weighted by Gasteiger charge is 2.24. The molecule has 0 aliphatic heterocycles. The Morgan fingerprint density at radius 1 is 1.22 bits per heavy atom. The molecule has 5 nitrogen and oxygen atoms in total. The molecule has 1 aromatic rings. The molecule has 0 unspecified atom stereocenters. The Morgan fingerprint density at radius 2 is 1.87 bits per heavy atom. The van der Waals surface area contributed by atoms with Crippen molar-refractivity contribution in [3.63, 3.8) is 0 Å². The summed E-state index contributed by atoms with van der Waals surface area (Å²) < 4.78 is 5.31. The third kappa shape index (κ3) is 6.57. The van der Waals surface area contributed by atoms with Crippen molar-refractivity contribution in [3.05, 3.63) is 29.6 Å². The van der Waals surface area contributed by atoms with Crippen LogP contribution < -0.4 is 10.6 Å². The number of nitrogens with zero attached hydrogens (tertiary/aromatic N) is 1. The third-order valence-electron chi connectivity index (χ3n) is 3.99. The fourth-order valence-corrected chi connectivity index (χ4v) is 2.77. The lowest BCUT2D eigenvalue weighted by Gasteiger charge is -2.30. The Morgan fingerprint density at radius 3 is 2.43 bits per heavy atom. The first-order valence-electron chi connectivity index (χ1n) is 8.46. The van der Waals surface area contributed by atoms with E-state index in [1.165, 1.54) is 5.56 Å². The van der Waals surface area contributed by atoms with E-state index in [9.17, 15) is 4.79 Å². The van der Waals surface area contributed by atoms with Crippen molar-refractivity contribution >= 4 is 6.09 Å². The van der Waals surface area contributed by atoms with Gasteiger partial charge in [0.05, 0.1) is 5.69 Å². The molecule has 23 heavy (non-hydrogen) atoms. The minimum atomic E-state index is -0.441. The number of alkyl carbamates (subject to hydrolysis) is 1. The highest BCUT2D eigenvalue weighted by Crippen LogP contribution is 2.19. The molecule has 0 saturated heterocycles. The quantitative estimate of drug-likeness (QED) is 0.893. The van der Waals surface area contributed by atoms with Gasteiger partial charge in [-0.05, 0) is 65.0 Å². The third-order valence-corrected chi connectivity index (χ3v) is 3.99. The molecule has 1 fully saturated rings. The number of carbonyl (C=O) groups excluding carboxylic acids is 1. The van der Waals surface area contributed by atoms with Crippen molar-refractivity contribution < 1.29 is 9.53 Å². The van der Waals surface area contributed by atoms with E-state index >= 15 is 0 Å². The van der Waals surface area contributed by atoms with Gasteiger partial charge in [0.2, 0.25) is 0 Å². The van der Waals surface area contributed by atoms with Gasteiger partial charge in [0.1, 0.15) is 5.60 Å². The second-order valence-corrected chi connectivity index (χ2v) is 7.40. The van der Waals surface area contributed by atoms with Crippen molar-refractivity contribution in [1.82, 2.24) is 15.6 Å². The lowest BCUT2D eigenvalue weighted by molar-refractivity contribution is 0.0489. The van der Waals surface area contributed by atoms with E-state index in [4.69, 9.17) is 4.74 Å². The number of hydrogen-bond acceptors (Lipinski definition) is 4. The van der Waals surface area contributed by atoms with Gasteiger partial charge in [0.25, 0.3) is 0 Å². The summed E-state index contributed by atoms with van der Waals surface area (Å²) in [6.07, 6.45) is 5.69. The molecule has 5 heteroatoms. The van der Waals surface area contributed by atoms with Crippen molar-refractivity contribution in [3.8, 4) is 0 Å². The molecule has 1 aromatic heterocycles. The van der Waals surface area contributed by atoms with Crippen molar-refractivity contribution in [2.24, 2.45) is 0 Å². The predicted octanol–water partition coefficient (Wildman–Crippen LogP) is 3.32. The number of aromatic nitrogens is 1. The fraction of sp³-hybridized carbons (Fsp3) is 0.667. The van der Waals surface area contributed by atoms with Gasteiger partial charge in [-0.2, -0.15) is 0 Å². The molecule has 0 atom stereocenters. The van der Waals surface area contributed by atoms with Crippen molar-refractivity contribution in [2.45, 2.75) is 77.6 Å². The molecule has 2 rings (SSSR count). The predicted molar refractivity (Wildman–Crippen MR) is 91.2 cm³/mol. The normalized spacial score (nSPS) is 21.7. The number of carbonyl (C=O) groups is 1. The molecular weight excluding hydrogens is 290 g/mol. The van der Waals surface area contributed by atoms with E-state index in [1.807, 2.05) is 33.9 Å². The van der Waals surface area contributed by atoms with E-state index in [-0.39, 0.29) is 12.1 Å². The largest absolute Gasteiger partial charge is 0.444 e. The fourth-order valence-electron chi connectivity index (χ4n) is 2.77. The van der Waals surface area contributed by atoms with Crippen molar-refractivity contribution in [2.75, 3.05) is 0 Å². The summed E-state index contributed by atoms with van der Waals surface area (Å²) in [4.78, 5) is 16.2. The highest BCUT2D eigenvalue weighted by molar-refractivity contribution is 5.68. The summed E-state index contributed by atoms with van der Waals surface area (Å²) in [7, 11) is 0. The van der Waals surface area contributed by atoms with Crippen molar-refractivity contribution in [1.29, 1.82) is 0 Å². The maximum atomic E-state index is 11.8. The van der Waals surface area contributed by atoms with Crippen LogP contribution in [0.1, 0.15) is 57.7 Å². The Labute approximate surface area is 139 Å². The zero-order valence-electron chi connectivity index (χ0n) is 14.7. The number of nitrogens with one attached hydrogen (secondary N) is 2. The lowest BCUT2D eigenvalue weighted by Crippen LogP contribution is -2.43. The van der Waals surface area contributed by atoms with Crippen LogP contribution in [0.3, 0.4) is 0 Å². The van der Waals surface area contributed by atoms with Crippen LogP contribution in [0.4, 0.5) is 4.79 Å². The summed E-state index contributed by atoms with van der Waals surface area (Å²) in [5, 5.41) is 6.54. The Kier molecular flexibility index (Phi) is 5.99. The molecule has 0 radical (unpaired) electrons. The number of rotatable bonds is 4. The Hall–Kier alpha value is -1.62. The smallest absolute Gasteiger partial charge is 0.407 e. The first-order valence-corrected chi connectivity index (χ1v) is 8.46. The van der Waals surface area contributed by atoms with Gasteiger partial charge in [-0.3, -0.25) is 4.98 Å². The highest BCUT2D eigenvalue weighted by atomic mass is 16.6. The average molecular weight is 319 g/mol. The van der Waals surface area contributed by atoms with Gasteiger partial charge < -0.3 is 15.4 Å². The van der Waals surface area contributed by atoms with Gasteiger partial charge in [-0.25, -0.2) is 4.79 Å². The number of amides is 1. The van der Waals surface area contributed by atoms with E-state index in [2.05, 4.69) is 27.8 Å². The first kappa shape index (κ1) is 17.7. The van der Waals surface area contributed by atoms with E-state index in [0.717, 1.165) is 37.9 Å². The van der Waals surface area contributed by atoms with Gasteiger partial charge in [-0.15, -0.1) is 0 Å². The molecule has 0 bridgehead atoms. The summed E-state index contributed by atoms with van der Waals surface area (Å²) in [5.41, 5.74) is 1.82. The van der Waals surface area contributed by atoms with Crippen LogP contribution in [0, 0.1) is 6.92 Å². The number of pyridine rings is 1. The van der Waals surface area contributed by atoms with Gasteiger partial charge in [-0.1, -0.05) is 6.07 Å². The van der Waals surface area contributed by atoms with Gasteiger partial charge in [0.15, 0.2) is 0 Å². The first-order chi connectivity index (χ1) is 10.8. The molecule has 128 valence electrons. The van der Waals surface area contributed by atoms with Crippen LogP contribution >= 0.6 is 0 Å². The average Bonchev–Trinajstić information content (AvgIpc) is 2.46. The standard InChI is InChI=1S/C18H29N3O2/c1-13-5-6-16(19-11-13)12-20-14-7-9-15(10-8-14)21-17(22)23-18(2,3)4/h5-6,11,14-15,20H,7-10,12H2,1-4H3,(H,21,22). The zero-order valence-corrected chi connectivity index (χ0v) is 14.7. The molecule has 1 amide bonds. The minimum Gasteiger partial charge on any atom is -0.444 e.